The molecule has 0 N–H and O–H groups in total. The van der Waals surface area contributed by atoms with E-state index in [2.05, 4.69) is 0 Å². The fraction of sp³-hybridized carbons (Fsp3) is 0.250. The average Bonchev–Trinajstić information content (AvgIpc) is 2.18. The Hall–Kier alpha value is -1.50. The van der Waals surface area contributed by atoms with Crippen LogP contribution in [0.25, 0.3) is 0 Å². The summed E-state index contributed by atoms with van der Waals surface area (Å²) in [4.78, 5) is 9.54. The SMILES string of the molecule is O=[N+]([O-])c1ccc(S(=O)(=O)CCF)cc1. The molecule has 0 radical (unpaired) electrons. The van der Waals surface area contributed by atoms with E-state index in [1.165, 1.54) is 0 Å². The second-order valence-electron chi connectivity index (χ2n) is 2.76. The summed E-state index contributed by atoms with van der Waals surface area (Å²) in [6.45, 7) is -0.973. The first-order chi connectivity index (χ1) is 6.97. The van der Waals surface area contributed by atoms with E-state index in [9.17, 15) is 22.9 Å². The second kappa shape index (κ2) is 4.35. The third-order valence-electron chi connectivity index (χ3n) is 1.75. The predicted molar refractivity (Wildman–Crippen MR) is 51.1 cm³/mol. The molecule has 5 nitrogen and oxygen atoms in total. The van der Waals surface area contributed by atoms with Crippen molar-refractivity contribution in [2.75, 3.05) is 12.4 Å². The van der Waals surface area contributed by atoms with Gasteiger partial charge < -0.3 is 0 Å². The topological polar surface area (TPSA) is 77.3 Å². The van der Waals surface area contributed by atoms with Crippen LogP contribution in [0.5, 0.6) is 0 Å². The molecule has 0 amide bonds. The van der Waals surface area contributed by atoms with E-state index in [-0.39, 0.29) is 10.6 Å². The van der Waals surface area contributed by atoms with Gasteiger partial charge in [0.15, 0.2) is 9.84 Å². The van der Waals surface area contributed by atoms with Crippen LogP contribution in [0.2, 0.25) is 0 Å². The van der Waals surface area contributed by atoms with Crippen LogP contribution in [0.1, 0.15) is 0 Å². The van der Waals surface area contributed by atoms with Crippen LogP contribution in [0, 0.1) is 10.1 Å². The van der Waals surface area contributed by atoms with Crippen molar-refractivity contribution in [2.24, 2.45) is 0 Å². The zero-order valence-corrected chi connectivity index (χ0v) is 8.41. The van der Waals surface area contributed by atoms with Gasteiger partial charge in [0.1, 0.15) is 6.67 Å². The maximum absolute atomic E-state index is 11.9. The highest BCUT2D eigenvalue weighted by Crippen LogP contribution is 2.16. The summed E-state index contributed by atoms with van der Waals surface area (Å²) >= 11 is 0. The Balaban J connectivity index is 3.04. The molecule has 0 bridgehead atoms. The molecule has 82 valence electrons. The Morgan fingerprint density at radius 1 is 1.27 bits per heavy atom. The Morgan fingerprint density at radius 2 is 1.80 bits per heavy atom. The van der Waals surface area contributed by atoms with E-state index in [0.29, 0.717) is 0 Å². The highest BCUT2D eigenvalue weighted by Gasteiger charge is 2.15. The Bertz CT molecular complexity index is 454. The smallest absolute Gasteiger partial charge is 0.258 e. The van der Waals surface area contributed by atoms with Crippen molar-refractivity contribution < 1.29 is 17.7 Å². The fourth-order valence-corrected chi connectivity index (χ4v) is 1.98. The zero-order valence-electron chi connectivity index (χ0n) is 7.59. The number of sulfone groups is 1. The van der Waals surface area contributed by atoms with Crippen molar-refractivity contribution in [3.05, 3.63) is 34.4 Å². The highest BCUT2D eigenvalue weighted by atomic mass is 32.2. The number of rotatable bonds is 4. The van der Waals surface area contributed by atoms with Crippen LogP contribution in [-0.4, -0.2) is 25.8 Å². The van der Waals surface area contributed by atoms with E-state index in [4.69, 9.17) is 0 Å². The van der Waals surface area contributed by atoms with Gasteiger partial charge in [0, 0.05) is 12.1 Å². The molecule has 0 aliphatic heterocycles. The molecule has 0 fully saturated rings. The average molecular weight is 233 g/mol. The number of hydrogen-bond donors (Lipinski definition) is 0. The van der Waals surface area contributed by atoms with Gasteiger partial charge in [-0.25, -0.2) is 12.8 Å². The first-order valence-corrected chi connectivity index (χ1v) is 5.66. The number of benzene rings is 1. The largest absolute Gasteiger partial charge is 0.269 e. The van der Waals surface area contributed by atoms with Crippen LogP contribution >= 0.6 is 0 Å². The van der Waals surface area contributed by atoms with Crippen molar-refractivity contribution in [1.82, 2.24) is 0 Å². The third kappa shape index (κ3) is 2.72. The monoisotopic (exact) mass is 233 g/mol. The zero-order chi connectivity index (χ0) is 11.5. The molecule has 0 saturated heterocycles. The molecule has 1 aromatic carbocycles. The molecule has 0 saturated carbocycles. The van der Waals surface area contributed by atoms with Crippen LogP contribution in [0.4, 0.5) is 10.1 Å². The summed E-state index contributed by atoms with van der Waals surface area (Å²) in [5.74, 6) is -0.606. The van der Waals surface area contributed by atoms with Gasteiger partial charge in [0.2, 0.25) is 0 Å². The van der Waals surface area contributed by atoms with Crippen LogP contribution < -0.4 is 0 Å². The van der Waals surface area contributed by atoms with E-state index in [1.54, 1.807) is 0 Å². The van der Waals surface area contributed by atoms with Gasteiger partial charge in [0.25, 0.3) is 5.69 Å². The van der Waals surface area contributed by atoms with Gasteiger partial charge in [-0.1, -0.05) is 0 Å². The van der Waals surface area contributed by atoms with Gasteiger partial charge in [-0.2, -0.15) is 0 Å². The number of nitro benzene ring substituents is 1. The summed E-state index contributed by atoms with van der Waals surface area (Å²) in [7, 11) is -3.65. The van der Waals surface area contributed by atoms with Gasteiger partial charge in [-0.05, 0) is 12.1 Å². The van der Waals surface area contributed by atoms with Crippen LogP contribution in [0.3, 0.4) is 0 Å². The summed E-state index contributed by atoms with van der Waals surface area (Å²) in [6.07, 6.45) is 0. The minimum Gasteiger partial charge on any atom is -0.258 e. The third-order valence-corrected chi connectivity index (χ3v) is 3.43. The lowest BCUT2D eigenvalue weighted by Gasteiger charge is -2.00. The Morgan fingerprint density at radius 3 is 2.20 bits per heavy atom. The summed E-state index contributed by atoms with van der Waals surface area (Å²) < 4.78 is 34.5. The Labute approximate surface area is 85.6 Å². The first-order valence-electron chi connectivity index (χ1n) is 4.00. The molecule has 1 aromatic rings. The van der Waals surface area contributed by atoms with Crippen molar-refractivity contribution in [3.8, 4) is 0 Å². The van der Waals surface area contributed by atoms with Crippen molar-refractivity contribution in [1.29, 1.82) is 0 Å². The second-order valence-corrected chi connectivity index (χ2v) is 4.87. The van der Waals surface area contributed by atoms with Gasteiger partial charge >= 0.3 is 0 Å². The van der Waals surface area contributed by atoms with E-state index < -0.39 is 27.2 Å². The number of halogens is 1. The normalized spacial score (nSPS) is 11.3. The van der Waals surface area contributed by atoms with E-state index in [0.717, 1.165) is 24.3 Å². The fourth-order valence-electron chi connectivity index (χ4n) is 0.995. The van der Waals surface area contributed by atoms with Crippen molar-refractivity contribution >= 4 is 15.5 Å². The highest BCUT2D eigenvalue weighted by molar-refractivity contribution is 7.91. The molecule has 0 aliphatic rings. The van der Waals surface area contributed by atoms with E-state index in [1.807, 2.05) is 0 Å². The van der Waals surface area contributed by atoms with Crippen LogP contribution in [-0.2, 0) is 9.84 Å². The maximum atomic E-state index is 11.9. The minimum atomic E-state index is -3.65. The van der Waals surface area contributed by atoms with Gasteiger partial charge in [-0.15, -0.1) is 0 Å². The predicted octanol–water partition coefficient (Wildman–Crippen LogP) is 1.34. The van der Waals surface area contributed by atoms with E-state index >= 15 is 0 Å². The molecular formula is C8H8FNO4S. The number of non-ortho nitro benzene ring substituents is 1. The minimum absolute atomic E-state index is 0.106. The first kappa shape index (κ1) is 11.6. The van der Waals surface area contributed by atoms with Crippen LogP contribution in [0.15, 0.2) is 29.2 Å². The van der Waals surface area contributed by atoms with Crippen molar-refractivity contribution in [2.45, 2.75) is 4.90 Å². The molecule has 0 unspecified atom stereocenters. The standard InChI is InChI=1S/C8H8FNO4S/c9-5-6-15(13,14)8-3-1-7(2-4-8)10(11)12/h1-4H,5-6H2. The number of nitrogens with zero attached hydrogens (tertiary/aromatic N) is 1. The molecule has 0 spiro atoms. The van der Waals surface area contributed by atoms with Gasteiger partial charge in [0.05, 0.1) is 15.6 Å². The molecule has 0 aromatic heterocycles. The molecule has 1 rings (SSSR count). The number of alkyl halides is 1. The number of nitro groups is 1. The summed E-state index contributed by atoms with van der Waals surface area (Å²) in [5, 5.41) is 10.3. The molecule has 0 heterocycles. The summed E-state index contributed by atoms with van der Waals surface area (Å²) in [5.41, 5.74) is -0.200. The Kier molecular flexibility index (Phi) is 3.35. The summed E-state index contributed by atoms with van der Waals surface area (Å²) in [6, 6.07) is 4.35. The lowest BCUT2D eigenvalue weighted by molar-refractivity contribution is -0.384. The molecular weight excluding hydrogens is 225 g/mol. The molecule has 0 atom stereocenters. The van der Waals surface area contributed by atoms with Gasteiger partial charge in [-0.3, -0.25) is 10.1 Å². The molecule has 0 aliphatic carbocycles. The van der Waals surface area contributed by atoms with Crippen molar-refractivity contribution in [3.63, 3.8) is 0 Å². The maximum Gasteiger partial charge on any atom is 0.269 e. The number of hydrogen-bond acceptors (Lipinski definition) is 4. The molecule has 15 heavy (non-hydrogen) atoms. The quantitative estimate of drug-likeness (QED) is 0.580. The molecule has 7 heteroatoms. The lowest BCUT2D eigenvalue weighted by atomic mass is 10.3. The lowest BCUT2D eigenvalue weighted by Crippen LogP contribution is -2.08.